The molecule has 0 aromatic rings. The lowest BCUT2D eigenvalue weighted by Crippen LogP contribution is -2.38. The summed E-state index contributed by atoms with van der Waals surface area (Å²) < 4.78 is 5.18. The first-order chi connectivity index (χ1) is 6.02. The van der Waals surface area contributed by atoms with Gasteiger partial charge in [0.15, 0.2) is 11.6 Å². The molecule has 2 saturated heterocycles. The van der Waals surface area contributed by atoms with Crippen molar-refractivity contribution in [3.63, 3.8) is 0 Å². The molecule has 2 fully saturated rings. The monoisotopic (exact) mass is 186 g/mol. The van der Waals surface area contributed by atoms with Gasteiger partial charge in [0.05, 0.1) is 0 Å². The van der Waals surface area contributed by atoms with Crippen LogP contribution in [0.15, 0.2) is 0 Å². The van der Waals surface area contributed by atoms with Gasteiger partial charge in [-0.25, -0.2) is 0 Å². The van der Waals surface area contributed by atoms with E-state index in [0.717, 1.165) is 0 Å². The van der Waals surface area contributed by atoms with E-state index in [1.54, 1.807) is 0 Å². The van der Waals surface area contributed by atoms with E-state index in [2.05, 4.69) is 0 Å². The number of carbonyl (C=O) groups excluding carboxylic acids is 1. The maximum Gasteiger partial charge on any atom is 0.169 e. The fourth-order valence-electron chi connectivity index (χ4n) is 1.99. The van der Waals surface area contributed by atoms with Crippen LogP contribution in [0.4, 0.5) is 0 Å². The van der Waals surface area contributed by atoms with E-state index < -0.39 is 11.6 Å². The van der Waals surface area contributed by atoms with Crippen molar-refractivity contribution >= 4 is 5.78 Å². The van der Waals surface area contributed by atoms with Crippen LogP contribution in [0.1, 0.15) is 38.5 Å². The van der Waals surface area contributed by atoms with E-state index in [1.165, 1.54) is 0 Å². The van der Waals surface area contributed by atoms with Gasteiger partial charge >= 0.3 is 0 Å². The molecule has 0 aromatic carbocycles. The molecule has 2 unspecified atom stereocenters. The van der Waals surface area contributed by atoms with Crippen LogP contribution in [0, 0.1) is 0 Å². The van der Waals surface area contributed by atoms with Crippen LogP contribution in [-0.2, 0) is 9.53 Å². The molecule has 0 aliphatic carbocycles. The molecule has 0 amide bonds. The highest BCUT2D eigenvalue weighted by Gasteiger charge is 2.48. The second kappa shape index (κ2) is 2.77. The minimum Gasteiger partial charge on any atom is -0.365 e. The molecule has 2 rings (SSSR count). The lowest BCUT2D eigenvalue weighted by Gasteiger charge is -2.29. The zero-order chi connectivity index (χ0) is 9.53. The minimum absolute atomic E-state index is 0.0991. The van der Waals surface area contributed by atoms with Gasteiger partial charge in [0.1, 0.15) is 5.78 Å². The molecular formula is C9H14O4. The maximum absolute atomic E-state index is 11.2. The molecule has 2 N–H and O–H groups in total. The first kappa shape index (κ1) is 9.12. The predicted molar refractivity (Wildman–Crippen MR) is 43.7 cm³/mol. The Bertz CT molecular complexity index is 218. The van der Waals surface area contributed by atoms with E-state index in [-0.39, 0.29) is 5.78 Å². The highest BCUT2D eigenvalue weighted by molar-refractivity contribution is 5.78. The van der Waals surface area contributed by atoms with Crippen LogP contribution in [0.3, 0.4) is 0 Å². The largest absolute Gasteiger partial charge is 0.365 e. The van der Waals surface area contributed by atoms with Crippen molar-refractivity contribution in [3.05, 3.63) is 0 Å². The van der Waals surface area contributed by atoms with Crippen LogP contribution in [-0.4, -0.2) is 27.6 Å². The first-order valence-corrected chi connectivity index (χ1v) is 4.68. The van der Waals surface area contributed by atoms with E-state index in [0.29, 0.717) is 38.5 Å². The molecule has 2 aliphatic rings. The third-order valence-corrected chi connectivity index (χ3v) is 2.88. The van der Waals surface area contributed by atoms with Crippen molar-refractivity contribution in [1.82, 2.24) is 0 Å². The van der Waals surface area contributed by atoms with Crippen LogP contribution in [0.5, 0.6) is 0 Å². The Morgan fingerprint density at radius 2 is 1.46 bits per heavy atom. The molecular weight excluding hydrogens is 172 g/mol. The number of Topliss-reactive ketones (excluding diaryl/α,β-unsaturated/α-hetero) is 1. The van der Waals surface area contributed by atoms with Gasteiger partial charge < -0.3 is 14.9 Å². The number of ketones is 1. The Morgan fingerprint density at radius 1 is 1.00 bits per heavy atom. The molecule has 74 valence electrons. The van der Waals surface area contributed by atoms with Crippen LogP contribution in [0.2, 0.25) is 0 Å². The number of carbonyl (C=O) groups is 1. The van der Waals surface area contributed by atoms with Crippen LogP contribution >= 0.6 is 0 Å². The predicted octanol–water partition coefficient (Wildman–Crippen LogP) is 0.317. The fraction of sp³-hybridized carbons (Fsp3) is 0.889. The van der Waals surface area contributed by atoms with Crippen molar-refractivity contribution in [2.45, 2.75) is 50.1 Å². The second-order valence-electron chi connectivity index (χ2n) is 4.03. The summed E-state index contributed by atoms with van der Waals surface area (Å²) in [5, 5.41) is 19.6. The smallest absolute Gasteiger partial charge is 0.169 e. The Balaban J connectivity index is 2.16. The lowest BCUT2D eigenvalue weighted by molar-refractivity contribution is -0.295. The summed E-state index contributed by atoms with van der Waals surface area (Å²) in [7, 11) is 0. The maximum atomic E-state index is 11.2. The lowest BCUT2D eigenvalue weighted by atomic mass is 10.0. The van der Waals surface area contributed by atoms with Crippen molar-refractivity contribution in [3.8, 4) is 0 Å². The Morgan fingerprint density at radius 3 is 1.92 bits per heavy atom. The summed E-state index contributed by atoms with van der Waals surface area (Å²) in [6.07, 6.45) is 2.19. The molecule has 2 aliphatic heterocycles. The molecule has 4 heteroatoms. The van der Waals surface area contributed by atoms with Crippen molar-refractivity contribution in [2.24, 2.45) is 0 Å². The molecule has 0 radical (unpaired) electrons. The van der Waals surface area contributed by atoms with E-state index in [4.69, 9.17) is 4.74 Å². The summed E-state index contributed by atoms with van der Waals surface area (Å²) in [4.78, 5) is 11.2. The number of fused-ring (bicyclic) bond motifs is 2. The standard InChI is InChI=1S/C9H14O4/c10-7-1-3-8(11)5-6-9(12,13-8)4-2-7/h11-12H,1-6H2. The number of rotatable bonds is 0. The van der Waals surface area contributed by atoms with Gasteiger partial charge in [-0.15, -0.1) is 0 Å². The minimum atomic E-state index is -1.26. The van der Waals surface area contributed by atoms with E-state index in [9.17, 15) is 15.0 Å². The summed E-state index contributed by atoms with van der Waals surface area (Å²) in [6, 6.07) is 0. The average molecular weight is 186 g/mol. The van der Waals surface area contributed by atoms with Crippen molar-refractivity contribution < 1.29 is 19.7 Å². The molecule has 2 heterocycles. The molecule has 0 aromatic heterocycles. The van der Waals surface area contributed by atoms with Gasteiger partial charge in [0, 0.05) is 38.5 Å². The number of aliphatic hydroxyl groups is 2. The highest BCUT2D eigenvalue weighted by atomic mass is 16.7. The molecule has 0 saturated carbocycles. The Labute approximate surface area is 76.5 Å². The normalized spacial score (nSPS) is 45.8. The average Bonchev–Trinajstić information content (AvgIpc) is 2.38. The molecule has 2 atom stereocenters. The van der Waals surface area contributed by atoms with Gasteiger partial charge in [-0.3, -0.25) is 4.79 Å². The highest BCUT2D eigenvalue weighted by Crippen LogP contribution is 2.41. The Hall–Kier alpha value is -0.450. The van der Waals surface area contributed by atoms with Gasteiger partial charge in [-0.1, -0.05) is 0 Å². The first-order valence-electron chi connectivity index (χ1n) is 4.68. The van der Waals surface area contributed by atoms with Crippen LogP contribution < -0.4 is 0 Å². The fourth-order valence-corrected chi connectivity index (χ4v) is 1.99. The van der Waals surface area contributed by atoms with E-state index in [1.807, 2.05) is 0 Å². The summed E-state index contributed by atoms with van der Waals surface area (Å²) >= 11 is 0. The van der Waals surface area contributed by atoms with Gasteiger partial charge in [-0.05, 0) is 0 Å². The molecule has 13 heavy (non-hydrogen) atoms. The van der Waals surface area contributed by atoms with Crippen LogP contribution in [0.25, 0.3) is 0 Å². The Kier molecular flexibility index (Phi) is 1.94. The molecule has 0 spiro atoms. The van der Waals surface area contributed by atoms with Gasteiger partial charge in [0.25, 0.3) is 0 Å². The zero-order valence-electron chi connectivity index (χ0n) is 7.45. The number of ether oxygens (including phenoxy) is 1. The van der Waals surface area contributed by atoms with Gasteiger partial charge in [-0.2, -0.15) is 0 Å². The van der Waals surface area contributed by atoms with Gasteiger partial charge in [0.2, 0.25) is 0 Å². The topological polar surface area (TPSA) is 66.8 Å². The number of hydrogen-bond acceptors (Lipinski definition) is 4. The summed E-state index contributed by atoms with van der Waals surface area (Å²) in [5.41, 5.74) is 0. The second-order valence-corrected chi connectivity index (χ2v) is 4.03. The molecule has 2 bridgehead atoms. The summed E-state index contributed by atoms with van der Waals surface area (Å²) in [5.74, 6) is -2.42. The summed E-state index contributed by atoms with van der Waals surface area (Å²) in [6.45, 7) is 0. The number of hydrogen-bond donors (Lipinski definition) is 2. The molecule has 4 nitrogen and oxygen atoms in total. The third kappa shape index (κ3) is 1.75. The quantitative estimate of drug-likeness (QED) is 0.571. The SMILES string of the molecule is O=C1CCC2(O)CCC(O)(CC1)O2. The van der Waals surface area contributed by atoms with E-state index >= 15 is 0 Å². The zero-order valence-corrected chi connectivity index (χ0v) is 7.45. The van der Waals surface area contributed by atoms with Crippen molar-refractivity contribution in [1.29, 1.82) is 0 Å². The third-order valence-electron chi connectivity index (χ3n) is 2.88. The van der Waals surface area contributed by atoms with Crippen molar-refractivity contribution in [2.75, 3.05) is 0 Å².